The van der Waals surface area contributed by atoms with Gasteiger partial charge in [0.05, 0.1) is 5.69 Å². The molecule has 2 heterocycles. The summed E-state index contributed by atoms with van der Waals surface area (Å²) < 4.78 is 11.7. The molecular weight excluding hydrogens is 228 g/mol. The third kappa shape index (κ3) is 2.12. The van der Waals surface area contributed by atoms with Crippen LogP contribution < -0.4 is 14.4 Å². The van der Waals surface area contributed by atoms with E-state index in [0.717, 1.165) is 37.7 Å². The lowest BCUT2D eigenvalue weighted by Crippen LogP contribution is -2.44. The van der Waals surface area contributed by atoms with Crippen molar-refractivity contribution in [2.24, 2.45) is 0 Å². The van der Waals surface area contributed by atoms with Crippen molar-refractivity contribution in [1.29, 1.82) is 0 Å². The lowest BCUT2D eigenvalue weighted by molar-refractivity contribution is 0.104. The van der Waals surface area contributed by atoms with Gasteiger partial charge in [0.1, 0.15) is 12.7 Å². The highest BCUT2D eigenvalue weighted by atomic mass is 16.6. The lowest BCUT2D eigenvalue weighted by atomic mass is 10.2. The van der Waals surface area contributed by atoms with E-state index in [2.05, 4.69) is 22.9 Å². The Bertz CT molecular complexity index is 428. The van der Waals surface area contributed by atoms with Crippen molar-refractivity contribution in [3.63, 3.8) is 0 Å². The van der Waals surface area contributed by atoms with Crippen LogP contribution in [0.4, 0.5) is 5.69 Å². The second-order valence-electron chi connectivity index (χ2n) is 5.13. The predicted octanol–water partition coefficient (Wildman–Crippen LogP) is 1.60. The molecule has 0 amide bonds. The van der Waals surface area contributed by atoms with Crippen LogP contribution in [0.2, 0.25) is 0 Å². The zero-order valence-corrected chi connectivity index (χ0v) is 11.1. The molecule has 0 aromatic heterocycles. The molecule has 18 heavy (non-hydrogen) atoms. The largest absolute Gasteiger partial charge is 0.484 e. The molecule has 1 fully saturated rings. The van der Waals surface area contributed by atoms with Crippen LogP contribution in [-0.4, -0.2) is 50.8 Å². The molecule has 1 aromatic rings. The minimum Gasteiger partial charge on any atom is -0.484 e. The van der Waals surface area contributed by atoms with Gasteiger partial charge in [-0.25, -0.2) is 0 Å². The Morgan fingerprint density at radius 2 is 1.94 bits per heavy atom. The Balaban J connectivity index is 1.86. The molecular formula is C14H20N2O2. The molecule has 98 valence electrons. The van der Waals surface area contributed by atoms with Crippen LogP contribution in [0.25, 0.3) is 0 Å². The Morgan fingerprint density at radius 3 is 2.72 bits per heavy atom. The van der Waals surface area contributed by atoms with Crippen molar-refractivity contribution >= 4 is 5.69 Å². The smallest absolute Gasteiger partial charge is 0.184 e. The standard InChI is InChI=1S/C14H20N2O2/c1-11-10-17-14-12(4-3-5-13(14)18-11)16-8-6-15(2)7-9-16/h3-5,11H,6-10H2,1-2H3. The molecule has 4 heteroatoms. The number of hydrogen-bond donors (Lipinski definition) is 0. The number of benzene rings is 1. The van der Waals surface area contributed by atoms with Gasteiger partial charge in [0, 0.05) is 26.2 Å². The van der Waals surface area contributed by atoms with Crippen molar-refractivity contribution in [2.75, 3.05) is 44.7 Å². The Hall–Kier alpha value is -1.42. The zero-order chi connectivity index (χ0) is 12.5. The maximum absolute atomic E-state index is 5.87. The van der Waals surface area contributed by atoms with Gasteiger partial charge in [-0.1, -0.05) is 6.07 Å². The van der Waals surface area contributed by atoms with Crippen molar-refractivity contribution < 1.29 is 9.47 Å². The molecule has 0 bridgehead atoms. The zero-order valence-electron chi connectivity index (χ0n) is 11.1. The van der Waals surface area contributed by atoms with Crippen molar-refractivity contribution in [3.05, 3.63) is 18.2 Å². The molecule has 4 nitrogen and oxygen atoms in total. The van der Waals surface area contributed by atoms with E-state index in [0.29, 0.717) is 6.61 Å². The van der Waals surface area contributed by atoms with Gasteiger partial charge >= 0.3 is 0 Å². The molecule has 0 radical (unpaired) electrons. The summed E-state index contributed by atoms with van der Waals surface area (Å²) in [6.45, 7) is 6.96. The average molecular weight is 248 g/mol. The fraction of sp³-hybridized carbons (Fsp3) is 0.571. The third-order valence-corrected chi connectivity index (χ3v) is 3.59. The van der Waals surface area contributed by atoms with Crippen LogP contribution in [0, 0.1) is 0 Å². The number of anilines is 1. The summed E-state index contributed by atoms with van der Waals surface area (Å²) in [4.78, 5) is 4.74. The van der Waals surface area contributed by atoms with Crippen LogP contribution >= 0.6 is 0 Å². The molecule has 1 unspecified atom stereocenters. The molecule has 1 aromatic carbocycles. The average Bonchev–Trinajstić information content (AvgIpc) is 2.38. The summed E-state index contributed by atoms with van der Waals surface area (Å²) in [6.07, 6.45) is 0.139. The van der Waals surface area contributed by atoms with Crippen LogP contribution in [0.5, 0.6) is 11.5 Å². The minimum absolute atomic E-state index is 0.139. The first kappa shape index (κ1) is 11.7. The van der Waals surface area contributed by atoms with Crippen LogP contribution in [0.1, 0.15) is 6.92 Å². The predicted molar refractivity (Wildman–Crippen MR) is 71.7 cm³/mol. The first-order valence-corrected chi connectivity index (χ1v) is 6.60. The molecule has 0 spiro atoms. The maximum Gasteiger partial charge on any atom is 0.184 e. The van der Waals surface area contributed by atoms with Gasteiger partial charge in [-0.3, -0.25) is 0 Å². The normalized spacial score (nSPS) is 24.1. The van der Waals surface area contributed by atoms with Gasteiger partial charge in [0.15, 0.2) is 11.5 Å². The van der Waals surface area contributed by atoms with E-state index in [1.165, 1.54) is 5.69 Å². The maximum atomic E-state index is 5.87. The van der Waals surface area contributed by atoms with Crippen molar-refractivity contribution in [1.82, 2.24) is 4.90 Å². The number of ether oxygens (including phenoxy) is 2. The number of rotatable bonds is 1. The lowest BCUT2D eigenvalue weighted by Gasteiger charge is -2.36. The Labute approximate surface area is 108 Å². The molecule has 3 rings (SSSR count). The van der Waals surface area contributed by atoms with E-state index in [4.69, 9.17) is 9.47 Å². The summed E-state index contributed by atoms with van der Waals surface area (Å²) in [5.74, 6) is 1.80. The third-order valence-electron chi connectivity index (χ3n) is 3.59. The molecule has 0 saturated carbocycles. The second kappa shape index (κ2) is 4.69. The molecule has 2 aliphatic rings. The molecule has 0 N–H and O–H groups in total. The first-order chi connectivity index (χ1) is 8.74. The van der Waals surface area contributed by atoms with E-state index in [-0.39, 0.29) is 6.10 Å². The fourth-order valence-corrected chi connectivity index (χ4v) is 2.49. The summed E-state index contributed by atoms with van der Waals surface area (Å²) in [5.41, 5.74) is 1.17. The van der Waals surface area contributed by atoms with Gasteiger partial charge in [0.25, 0.3) is 0 Å². The molecule has 2 aliphatic heterocycles. The Morgan fingerprint density at radius 1 is 1.17 bits per heavy atom. The fourth-order valence-electron chi connectivity index (χ4n) is 2.49. The SMILES string of the molecule is CC1COc2c(cccc2N2CCN(C)CC2)O1. The molecule has 1 atom stereocenters. The monoisotopic (exact) mass is 248 g/mol. The first-order valence-electron chi connectivity index (χ1n) is 6.60. The number of likely N-dealkylation sites (N-methyl/N-ethyl adjacent to an activating group) is 1. The van der Waals surface area contributed by atoms with E-state index in [9.17, 15) is 0 Å². The van der Waals surface area contributed by atoms with E-state index >= 15 is 0 Å². The quantitative estimate of drug-likeness (QED) is 0.753. The minimum atomic E-state index is 0.139. The van der Waals surface area contributed by atoms with Crippen LogP contribution in [-0.2, 0) is 0 Å². The van der Waals surface area contributed by atoms with Crippen molar-refractivity contribution in [3.8, 4) is 11.5 Å². The number of hydrogen-bond acceptors (Lipinski definition) is 4. The van der Waals surface area contributed by atoms with Crippen molar-refractivity contribution in [2.45, 2.75) is 13.0 Å². The summed E-state index contributed by atoms with van der Waals surface area (Å²) in [5, 5.41) is 0. The summed E-state index contributed by atoms with van der Waals surface area (Å²) in [6, 6.07) is 6.17. The van der Waals surface area contributed by atoms with Crippen LogP contribution in [0.15, 0.2) is 18.2 Å². The number of piperazine rings is 1. The highest BCUT2D eigenvalue weighted by molar-refractivity contribution is 5.65. The summed E-state index contributed by atoms with van der Waals surface area (Å²) >= 11 is 0. The number of fused-ring (bicyclic) bond motifs is 1. The number of nitrogens with zero attached hydrogens (tertiary/aromatic N) is 2. The van der Waals surface area contributed by atoms with E-state index in [1.54, 1.807) is 0 Å². The topological polar surface area (TPSA) is 24.9 Å². The van der Waals surface area contributed by atoms with Gasteiger partial charge in [0.2, 0.25) is 0 Å². The van der Waals surface area contributed by atoms with Gasteiger partial charge in [-0.05, 0) is 26.1 Å². The van der Waals surface area contributed by atoms with E-state index < -0.39 is 0 Å². The summed E-state index contributed by atoms with van der Waals surface area (Å²) in [7, 11) is 2.17. The molecule has 0 aliphatic carbocycles. The van der Waals surface area contributed by atoms with Crippen LogP contribution in [0.3, 0.4) is 0 Å². The second-order valence-corrected chi connectivity index (χ2v) is 5.13. The van der Waals surface area contributed by atoms with Gasteiger partial charge in [-0.2, -0.15) is 0 Å². The highest BCUT2D eigenvalue weighted by Crippen LogP contribution is 2.40. The van der Waals surface area contributed by atoms with E-state index in [1.807, 2.05) is 19.1 Å². The van der Waals surface area contributed by atoms with Gasteiger partial charge < -0.3 is 19.3 Å². The highest BCUT2D eigenvalue weighted by Gasteiger charge is 2.24. The molecule has 1 saturated heterocycles. The van der Waals surface area contributed by atoms with Gasteiger partial charge in [-0.15, -0.1) is 0 Å². The Kier molecular flexibility index (Phi) is 3.04. The number of para-hydroxylation sites is 1.